The van der Waals surface area contributed by atoms with Crippen molar-refractivity contribution in [1.82, 2.24) is 14.6 Å². The highest BCUT2D eigenvalue weighted by Crippen LogP contribution is 2.47. The van der Waals surface area contributed by atoms with Crippen molar-refractivity contribution in [3.8, 4) is 5.75 Å². The Morgan fingerprint density at radius 3 is 2.58 bits per heavy atom. The molecule has 198 valence electrons. The number of hydrogen-bond acceptors (Lipinski definition) is 9. The molecule has 0 saturated carbocycles. The molecule has 0 amide bonds. The third-order valence-electron chi connectivity index (χ3n) is 5.26. The van der Waals surface area contributed by atoms with Gasteiger partial charge in [0.05, 0.1) is 12.7 Å². The molecule has 1 fully saturated rings. The highest BCUT2D eigenvalue weighted by molar-refractivity contribution is 8.09. The van der Waals surface area contributed by atoms with Crippen molar-refractivity contribution in [2.24, 2.45) is 0 Å². The van der Waals surface area contributed by atoms with Gasteiger partial charge in [-0.1, -0.05) is 18.2 Å². The van der Waals surface area contributed by atoms with E-state index in [-0.39, 0.29) is 6.10 Å². The van der Waals surface area contributed by atoms with E-state index >= 15 is 4.39 Å². The van der Waals surface area contributed by atoms with Gasteiger partial charge in [0.2, 0.25) is 0 Å². The zero-order valence-corrected chi connectivity index (χ0v) is 21.8. The molecule has 1 aromatic carbocycles. The molecule has 14 heteroatoms. The lowest BCUT2D eigenvalue weighted by Gasteiger charge is -2.28. The SMILES string of the molecule is CC(C)OC(=O)C(C)NP(=S)(OC[C@H]1O[C@@H](n2ccc(=O)[nH]c2=O)[C@](C)(F)[C@@H]1O)Oc1ccccc1. The number of aromatic amines is 1. The van der Waals surface area contributed by atoms with Crippen molar-refractivity contribution in [3.63, 3.8) is 0 Å². The predicted octanol–water partition coefficient (Wildman–Crippen LogP) is 1.77. The number of nitrogens with zero attached hydrogens (tertiary/aromatic N) is 1. The number of nitrogens with one attached hydrogen (secondary N) is 2. The maximum Gasteiger partial charge on any atom is 0.330 e. The van der Waals surface area contributed by atoms with E-state index in [9.17, 15) is 19.5 Å². The Morgan fingerprint density at radius 2 is 1.97 bits per heavy atom. The van der Waals surface area contributed by atoms with Crippen LogP contribution in [0, 0.1) is 0 Å². The van der Waals surface area contributed by atoms with Gasteiger partial charge in [-0.25, -0.2) is 14.3 Å². The Labute approximate surface area is 211 Å². The molecule has 1 aromatic heterocycles. The van der Waals surface area contributed by atoms with Gasteiger partial charge in [0, 0.05) is 12.3 Å². The number of ether oxygens (including phenoxy) is 2. The number of alkyl halides is 1. The number of aliphatic hydroxyl groups excluding tert-OH is 1. The van der Waals surface area contributed by atoms with Crippen LogP contribution in [0.15, 0.2) is 52.2 Å². The number of para-hydroxylation sites is 1. The Hall–Kier alpha value is -2.41. The van der Waals surface area contributed by atoms with Gasteiger partial charge >= 0.3 is 18.3 Å². The van der Waals surface area contributed by atoms with Gasteiger partial charge in [0.15, 0.2) is 11.9 Å². The number of carbonyl (C=O) groups is 1. The Bertz CT molecular complexity index is 1220. The summed E-state index contributed by atoms with van der Waals surface area (Å²) in [6, 6.07) is 8.62. The van der Waals surface area contributed by atoms with E-state index in [1.54, 1.807) is 44.2 Å². The summed E-state index contributed by atoms with van der Waals surface area (Å²) in [5, 5.41) is 13.5. The number of rotatable bonds is 10. The van der Waals surface area contributed by atoms with Gasteiger partial charge in [0.1, 0.15) is 24.0 Å². The lowest BCUT2D eigenvalue weighted by Crippen LogP contribution is -2.43. The standard InChI is InChI=1S/C22H29FN3O8PS/c1-13(2)32-19(29)14(3)25-35(36,34-15-8-6-5-7-9-15)31-12-16-18(28)22(4,23)20(33-16)26-11-10-17(27)24-21(26)30/h5-11,13-14,16,18,20,28H,12H2,1-4H3,(H,25,36)(H,24,27,30)/t14?,16-,18-,20-,22-,35?/m1/s1. The van der Waals surface area contributed by atoms with Crippen molar-refractivity contribution >= 4 is 24.4 Å². The fraction of sp³-hybridized carbons (Fsp3) is 0.500. The second-order valence-electron chi connectivity index (χ2n) is 8.67. The van der Waals surface area contributed by atoms with Crippen LogP contribution in [0.5, 0.6) is 5.75 Å². The summed E-state index contributed by atoms with van der Waals surface area (Å²) in [5.41, 5.74) is -3.98. The average Bonchev–Trinajstić information content (AvgIpc) is 3.01. The van der Waals surface area contributed by atoms with Crippen LogP contribution < -0.4 is 20.9 Å². The fourth-order valence-corrected chi connectivity index (χ4v) is 5.89. The lowest BCUT2D eigenvalue weighted by atomic mass is 9.98. The average molecular weight is 546 g/mol. The fourth-order valence-electron chi connectivity index (χ4n) is 3.47. The van der Waals surface area contributed by atoms with Crippen LogP contribution in [0.3, 0.4) is 0 Å². The summed E-state index contributed by atoms with van der Waals surface area (Å²) >= 11 is 5.60. The van der Waals surface area contributed by atoms with E-state index in [1.807, 2.05) is 4.98 Å². The summed E-state index contributed by atoms with van der Waals surface area (Å²) in [5.74, 6) is -0.218. The molecule has 6 atom stereocenters. The zero-order chi connectivity index (χ0) is 26.7. The molecule has 1 aliphatic heterocycles. The van der Waals surface area contributed by atoms with Gasteiger partial charge in [-0.3, -0.25) is 19.1 Å². The maximum atomic E-state index is 15.5. The van der Waals surface area contributed by atoms with Gasteiger partial charge in [-0.05, 0) is 51.6 Å². The molecule has 3 N–H and O–H groups in total. The van der Waals surface area contributed by atoms with Crippen molar-refractivity contribution in [3.05, 3.63) is 63.4 Å². The van der Waals surface area contributed by atoms with E-state index in [0.717, 1.165) is 23.8 Å². The molecule has 11 nitrogen and oxygen atoms in total. The van der Waals surface area contributed by atoms with Crippen LogP contribution in [0.1, 0.15) is 33.9 Å². The predicted molar refractivity (Wildman–Crippen MR) is 132 cm³/mol. The smallest absolute Gasteiger partial charge is 0.330 e. The van der Waals surface area contributed by atoms with Gasteiger partial charge in [-0.15, -0.1) is 0 Å². The normalized spacial score (nSPS) is 26.4. The minimum absolute atomic E-state index is 0.354. The molecule has 1 aliphatic rings. The highest BCUT2D eigenvalue weighted by Gasteiger charge is 2.55. The quantitative estimate of drug-likeness (QED) is 0.299. The number of aliphatic hydroxyl groups is 1. The molecule has 2 aromatic rings. The van der Waals surface area contributed by atoms with E-state index < -0.39 is 60.6 Å². The van der Waals surface area contributed by atoms with Crippen molar-refractivity contribution in [2.45, 2.75) is 63.9 Å². The number of halogens is 1. The van der Waals surface area contributed by atoms with Crippen LogP contribution in [0.4, 0.5) is 4.39 Å². The van der Waals surface area contributed by atoms with Crippen molar-refractivity contribution in [2.75, 3.05) is 6.61 Å². The van der Waals surface area contributed by atoms with Crippen LogP contribution in [-0.2, 0) is 30.6 Å². The van der Waals surface area contributed by atoms with Crippen LogP contribution in [0.2, 0.25) is 0 Å². The first-order chi connectivity index (χ1) is 16.8. The first-order valence-corrected chi connectivity index (χ1v) is 13.8. The number of carbonyl (C=O) groups excluding carboxylic acids is 1. The Morgan fingerprint density at radius 1 is 1.31 bits per heavy atom. The third-order valence-corrected chi connectivity index (χ3v) is 7.76. The largest absolute Gasteiger partial charge is 0.462 e. The van der Waals surface area contributed by atoms with E-state index in [2.05, 4.69) is 5.09 Å². The molecular weight excluding hydrogens is 516 g/mol. The second kappa shape index (κ2) is 11.3. The molecule has 0 aliphatic carbocycles. The number of aromatic nitrogens is 2. The number of hydrogen-bond donors (Lipinski definition) is 3. The van der Waals surface area contributed by atoms with E-state index in [0.29, 0.717) is 5.75 Å². The summed E-state index contributed by atoms with van der Waals surface area (Å²) in [7, 11) is 0. The first kappa shape index (κ1) is 28.2. The Kier molecular flexibility index (Phi) is 8.86. The summed E-state index contributed by atoms with van der Waals surface area (Å²) in [6.07, 6.45) is -3.80. The second-order valence-corrected chi connectivity index (χ2v) is 11.8. The molecule has 36 heavy (non-hydrogen) atoms. The van der Waals surface area contributed by atoms with Gasteiger partial charge < -0.3 is 23.6 Å². The molecule has 0 bridgehead atoms. The number of benzene rings is 1. The highest BCUT2D eigenvalue weighted by atomic mass is 32.5. The van der Waals surface area contributed by atoms with Crippen molar-refractivity contribution in [1.29, 1.82) is 0 Å². The molecule has 2 unspecified atom stereocenters. The molecule has 1 saturated heterocycles. The molecule has 2 heterocycles. The molecule has 3 rings (SSSR count). The minimum atomic E-state index is -3.47. The van der Waals surface area contributed by atoms with Gasteiger partial charge in [0.25, 0.3) is 5.56 Å². The van der Waals surface area contributed by atoms with E-state index in [4.69, 9.17) is 30.3 Å². The minimum Gasteiger partial charge on any atom is -0.462 e. The van der Waals surface area contributed by atoms with Crippen LogP contribution in [-0.4, -0.2) is 57.3 Å². The van der Waals surface area contributed by atoms with Crippen molar-refractivity contribution < 1.29 is 32.8 Å². The molecule has 0 radical (unpaired) electrons. The number of esters is 1. The van der Waals surface area contributed by atoms with Crippen LogP contribution >= 0.6 is 6.64 Å². The summed E-state index contributed by atoms with van der Waals surface area (Å²) < 4.78 is 38.9. The first-order valence-electron chi connectivity index (χ1n) is 11.1. The zero-order valence-electron chi connectivity index (χ0n) is 20.1. The maximum absolute atomic E-state index is 15.5. The van der Waals surface area contributed by atoms with Gasteiger partial charge in [-0.2, -0.15) is 0 Å². The summed E-state index contributed by atoms with van der Waals surface area (Å²) in [4.78, 5) is 37.9. The summed E-state index contributed by atoms with van der Waals surface area (Å²) in [6.45, 7) is 2.10. The monoisotopic (exact) mass is 545 g/mol. The Balaban J connectivity index is 1.80. The third kappa shape index (κ3) is 6.67. The topological polar surface area (TPSA) is 141 Å². The number of H-pyrrole nitrogens is 1. The molecule has 0 spiro atoms. The van der Waals surface area contributed by atoms with E-state index in [1.165, 1.54) is 6.92 Å². The lowest BCUT2D eigenvalue weighted by molar-refractivity contribution is -0.149. The molecular formula is C22H29FN3O8PS. The van der Waals surface area contributed by atoms with Crippen LogP contribution in [0.25, 0.3) is 0 Å².